The van der Waals surface area contributed by atoms with E-state index in [-0.39, 0.29) is 48.2 Å². The lowest BCUT2D eigenvalue weighted by Crippen LogP contribution is -2.49. The van der Waals surface area contributed by atoms with E-state index in [1.54, 1.807) is 12.1 Å². The average molecular weight is 599 g/mol. The van der Waals surface area contributed by atoms with E-state index in [0.29, 0.717) is 6.42 Å². The van der Waals surface area contributed by atoms with Crippen molar-refractivity contribution < 1.29 is 22.8 Å². The van der Waals surface area contributed by atoms with Gasteiger partial charge in [-0.2, -0.15) is 0 Å². The summed E-state index contributed by atoms with van der Waals surface area (Å²) in [6, 6.07) is 22.2. The van der Waals surface area contributed by atoms with Gasteiger partial charge in [-0.05, 0) is 41.8 Å². The van der Waals surface area contributed by atoms with Crippen molar-refractivity contribution in [3.05, 3.63) is 100 Å². The van der Waals surface area contributed by atoms with E-state index in [2.05, 4.69) is 21.2 Å². The zero-order valence-electron chi connectivity index (χ0n) is 20.8. The van der Waals surface area contributed by atoms with Crippen molar-refractivity contribution in [2.24, 2.45) is 0 Å². The van der Waals surface area contributed by atoms with Gasteiger partial charge in [-0.3, -0.25) is 14.4 Å². The van der Waals surface area contributed by atoms with Gasteiger partial charge in [0, 0.05) is 37.5 Å². The number of hydrogen-bond donors (Lipinski definition) is 1. The molecule has 0 fully saturated rings. The Morgan fingerprint density at radius 2 is 1.61 bits per heavy atom. The second kappa shape index (κ2) is 11.9. The highest BCUT2D eigenvalue weighted by Gasteiger charge is 2.40. The largest absolute Gasteiger partial charge is 0.357 e. The Morgan fingerprint density at radius 3 is 2.26 bits per heavy atom. The number of rotatable bonds is 10. The first-order valence-corrected chi connectivity index (χ1v) is 14.4. The Morgan fingerprint density at radius 1 is 0.947 bits per heavy atom. The molecule has 198 valence electrons. The van der Waals surface area contributed by atoms with Gasteiger partial charge < -0.3 is 10.2 Å². The van der Waals surface area contributed by atoms with E-state index < -0.39 is 22.0 Å². The first-order valence-electron chi connectivity index (χ1n) is 12.2. The number of carbonyl (C=O) groups is 3. The second-order valence-electron chi connectivity index (χ2n) is 8.95. The van der Waals surface area contributed by atoms with Crippen LogP contribution in [0.25, 0.3) is 0 Å². The van der Waals surface area contributed by atoms with Gasteiger partial charge in [0.1, 0.15) is 10.9 Å². The Hall–Kier alpha value is -3.50. The van der Waals surface area contributed by atoms with Gasteiger partial charge >= 0.3 is 0 Å². The molecule has 38 heavy (non-hydrogen) atoms. The smallest absolute Gasteiger partial charge is 0.269 e. The fourth-order valence-electron chi connectivity index (χ4n) is 4.48. The lowest BCUT2D eigenvalue weighted by atomic mass is 10.0. The zero-order valence-corrected chi connectivity index (χ0v) is 23.2. The molecule has 0 saturated carbocycles. The lowest BCUT2D eigenvalue weighted by Gasteiger charge is -2.31. The number of likely N-dealkylation sites (N-methyl/N-ethyl adjacent to an activating group) is 1. The number of nitrogens with zero attached hydrogens (tertiary/aromatic N) is 2. The molecule has 1 heterocycles. The van der Waals surface area contributed by atoms with Gasteiger partial charge in [0.2, 0.25) is 11.8 Å². The predicted octanol–water partition coefficient (Wildman–Crippen LogP) is 3.76. The van der Waals surface area contributed by atoms with Crippen molar-refractivity contribution in [1.29, 1.82) is 0 Å². The van der Waals surface area contributed by atoms with Gasteiger partial charge in [0.05, 0.1) is 5.56 Å². The number of carbonyl (C=O) groups excluding carboxylic acids is 3. The Balaban J connectivity index is 1.53. The monoisotopic (exact) mass is 597 g/mol. The maximum Gasteiger partial charge on any atom is 0.269 e. The fourth-order valence-corrected chi connectivity index (χ4v) is 6.35. The third-order valence-electron chi connectivity index (χ3n) is 6.45. The predicted molar refractivity (Wildman–Crippen MR) is 147 cm³/mol. The van der Waals surface area contributed by atoms with Gasteiger partial charge in [0.15, 0.2) is 0 Å². The summed E-state index contributed by atoms with van der Waals surface area (Å²) in [5, 5.41) is 2.67. The number of fused-ring (bicyclic) bond motifs is 1. The summed E-state index contributed by atoms with van der Waals surface area (Å²) >= 11 is 3.41. The average Bonchev–Trinajstić information content (AvgIpc) is 3.12. The van der Waals surface area contributed by atoms with E-state index >= 15 is 0 Å². The summed E-state index contributed by atoms with van der Waals surface area (Å²) in [6.07, 6.45) is 0.409. The second-order valence-corrected chi connectivity index (χ2v) is 11.7. The summed E-state index contributed by atoms with van der Waals surface area (Å²) in [6.45, 7) is 0.0699. The molecule has 0 aromatic heterocycles. The molecule has 1 aliphatic heterocycles. The number of amides is 3. The molecular formula is C28H28BrN3O5S. The standard InChI is InChI=1S/C28H28BrN3O5S/c1-30-27(34)24(18-20-8-3-2-4-9-20)31(19-21-13-15-22(29)16-14-21)26(33)12-7-17-32-28(35)23-10-5-6-11-25(23)38(32,36)37/h2-6,8-11,13-16,24H,7,12,17-19H2,1H3,(H,30,34)/t24-/m1/s1. The molecule has 0 aliphatic carbocycles. The van der Waals surface area contributed by atoms with Crippen molar-refractivity contribution in [2.75, 3.05) is 13.6 Å². The first-order chi connectivity index (χ1) is 18.2. The van der Waals surface area contributed by atoms with Crippen LogP contribution in [0, 0.1) is 0 Å². The van der Waals surface area contributed by atoms with Crippen molar-refractivity contribution in [3.8, 4) is 0 Å². The minimum Gasteiger partial charge on any atom is -0.357 e. The molecule has 0 bridgehead atoms. The van der Waals surface area contributed by atoms with Crippen molar-refractivity contribution >= 4 is 43.7 Å². The van der Waals surface area contributed by atoms with E-state index in [1.165, 1.54) is 24.1 Å². The molecule has 1 atom stereocenters. The van der Waals surface area contributed by atoms with Crippen LogP contribution in [0.4, 0.5) is 0 Å². The first kappa shape index (κ1) is 27.5. The van der Waals surface area contributed by atoms with Crippen LogP contribution in [0.1, 0.15) is 34.3 Å². The van der Waals surface area contributed by atoms with Crippen LogP contribution in [0.3, 0.4) is 0 Å². The summed E-state index contributed by atoms with van der Waals surface area (Å²) in [5.41, 5.74) is 1.88. The summed E-state index contributed by atoms with van der Waals surface area (Å²) in [4.78, 5) is 40.8. The van der Waals surface area contributed by atoms with Crippen molar-refractivity contribution in [1.82, 2.24) is 14.5 Å². The Kier molecular flexibility index (Phi) is 8.63. The highest BCUT2D eigenvalue weighted by molar-refractivity contribution is 9.10. The Bertz CT molecular complexity index is 1430. The van der Waals surface area contributed by atoms with E-state index in [9.17, 15) is 22.8 Å². The molecule has 0 spiro atoms. The Labute approximate surface area is 230 Å². The zero-order chi connectivity index (χ0) is 27.3. The molecule has 3 aromatic rings. The third kappa shape index (κ3) is 5.97. The molecule has 1 aliphatic rings. The molecule has 3 amide bonds. The molecule has 0 radical (unpaired) electrons. The maximum atomic E-state index is 13.6. The van der Waals surface area contributed by atoms with Crippen LogP contribution in [0.5, 0.6) is 0 Å². The number of hydrogen-bond acceptors (Lipinski definition) is 5. The molecule has 8 nitrogen and oxygen atoms in total. The molecule has 1 N–H and O–H groups in total. The number of nitrogens with one attached hydrogen (secondary N) is 1. The van der Waals surface area contributed by atoms with Crippen molar-refractivity contribution in [2.45, 2.75) is 36.7 Å². The summed E-state index contributed by atoms with van der Waals surface area (Å²) in [7, 11) is -2.42. The van der Waals surface area contributed by atoms with Crippen molar-refractivity contribution in [3.63, 3.8) is 0 Å². The quantitative estimate of drug-likeness (QED) is 0.383. The minimum absolute atomic E-state index is 0.0178. The number of halogens is 1. The highest BCUT2D eigenvalue weighted by Crippen LogP contribution is 2.30. The maximum absolute atomic E-state index is 13.6. The highest BCUT2D eigenvalue weighted by atomic mass is 79.9. The van der Waals surface area contributed by atoms with Crippen LogP contribution in [-0.4, -0.2) is 55.0 Å². The summed E-state index contributed by atoms with van der Waals surface area (Å²) in [5.74, 6) is -1.20. The molecule has 10 heteroatoms. The molecular weight excluding hydrogens is 570 g/mol. The third-order valence-corrected chi connectivity index (χ3v) is 8.82. The normalized spacial score (nSPS) is 14.6. The number of benzene rings is 3. The summed E-state index contributed by atoms with van der Waals surface area (Å²) < 4.78 is 27.4. The van der Waals surface area contributed by atoms with E-state index in [1.807, 2.05) is 54.6 Å². The van der Waals surface area contributed by atoms with E-state index in [0.717, 1.165) is 19.9 Å². The van der Waals surface area contributed by atoms with Crippen LogP contribution in [-0.2, 0) is 32.6 Å². The van der Waals surface area contributed by atoms with Crippen LogP contribution in [0.2, 0.25) is 0 Å². The fraction of sp³-hybridized carbons (Fsp3) is 0.250. The SMILES string of the molecule is CNC(=O)[C@@H](Cc1ccccc1)N(Cc1ccc(Br)cc1)C(=O)CCCN1C(=O)c2ccccc2S1(=O)=O. The van der Waals surface area contributed by atoms with Gasteiger partial charge in [-0.25, -0.2) is 12.7 Å². The van der Waals surface area contributed by atoms with Gasteiger partial charge in [-0.1, -0.05) is 70.5 Å². The van der Waals surface area contributed by atoms with Gasteiger partial charge in [-0.15, -0.1) is 0 Å². The molecule has 3 aromatic carbocycles. The topological polar surface area (TPSA) is 104 Å². The van der Waals surface area contributed by atoms with Crippen LogP contribution < -0.4 is 5.32 Å². The molecule has 0 saturated heterocycles. The van der Waals surface area contributed by atoms with Crippen LogP contribution in [0.15, 0.2) is 88.2 Å². The van der Waals surface area contributed by atoms with Crippen LogP contribution >= 0.6 is 15.9 Å². The number of sulfonamides is 1. The molecule has 0 unspecified atom stereocenters. The lowest BCUT2D eigenvalue weighted by molar-refractivity contribution is -0.141. The minimum atomic E-state index is -3.95. The van der Waals surface area contributed by atoms with E-state index in [4.69, 9.17) is 0 Å². The molecule has 4 rings (SSSR count). The van der Waals surface area contributed by atoms with Gasteiger partial charge in [0.25, 0.3) is 15.9 Å².